The molecule has 2 N–H and O–H groups in total. The van der Waals surface area contributed by atoms with Crippen LogP contribution in [-0.4, -0.2) is 45.7 Å². The number of aromatic nitrogens is 1. The highest BCUT2D eigenvalue weighted by Crippen LogP contribution is 2.37. The van der Waals surface area contributed by atoms with Crippen molar-refractivity contribution in [3.05, 3.63) is 62.6 Å². The fourth-order valence-corrected chi connectivity index (χ4v) is 4.42. The molecule has 0 aliphatic carbocycles. The molecule has 3 heterocycles. The Labute approximate surface area is 204 Å². The monoisotopic (exact) mass is 532 g/mol. The van der Waals surface area contributed by atoms with E-state index < -0.39 is 70.5 Å². The second-order valence-corrected chi connectivity index (χ2v) is 8.67. The number of piperidine rings is 1. The number of alkyl halides is 3. The first-order valence-corrected chi connectivity index (χ1v) is 10.8. The average Bonchev–Trinajstić information content (AvgIpc) is 3.09. The molecule has 0 saturated carbocycles. The lowest BCUT2D eigenvalue weighted by molar-refractivity contribution is -0.156. The van der Waals surface area contributed by atoms with Gasteiger partial charge in [-0.25, -0.2) is 4.39 Å². The molecule has 35 heavy (non-hydrogen) atoms. The van der Waals surface area contributed by atoms with Crippen molar-refractivity contribution >= 4 is 46.8 Å². The van der Waals surface area contributed by atoms with E-state index in [1.165, 1.54) is 0 Å². The molecule has 1 aromatic heterocycles. The first-order chi connectivity index (χ1) is 16.4. The zero-order valence-corrected chi connectivity index (χ0v) is 18.9. The normalized spacial score (nSPS) is 18.9. The van der Waals surface area contributed by atoms with Crippen molar-refractivity contribution in [2.75, 3.05) is 0 Å². The number of hydrogen-bond acceptors (Lipinski definition) is 5. The molecule has 0 radical (unpaired) electrons. The minimum absolute atomic E-state index is 0.0210. The van der Waals surface area contributed by atoms with Gasteiger partial charge in [0.15, 0.2) is 6.04 Å². The largest absolute Gasteiger partial charge is 0.414 e. The van der Waals surface area contributed by atoms with E-state index in [4.69, 9.17) is 23.2 Å². The van der Waals surface area contributed by atoms with Crippen molar-refractivity contribution in [2.24, 2.45) is 0 Å². The summed E-state index contributed by atoms with van der Waals surface area (Å²) in [5.74, 6) is -4.56. The summed E-state index contributed by atoms with van der Waals surface area (Å²) in [5, 5.41) is 3.30. The molecule has 8 nitrogen and oxygen atoms in total. The third kappa shape index (κ3) is 4.67. The van der Waals surface area contributed by atoms with Gasteiger partial charge < -0.3 is 10.2 Å². The number of pyridine rings is 1. The van der Waals surface area contributed by atoms with E-state index in [0.717, 1.165) is 29.3 Å². The Kier molecular flexibility index (Phi) is 6.45. The van der Waals surface area contributed by atoms with E-state index in [0.29, 0.717) is 0 Å². The van der Waals surface area contributed by atoms with Gasteiger partial charge in [0.25, 0.3) is 11.8 Å². The van der Waals surface area contributed by atoms with Crippen LogP contribution in [0.15, 0.2) is 24.4 Å². The zero-order chi connectivity index (χ0) is 25.7. The summed E-state index contributed by atoms with van der Waals surface area (Å²) in [6.07, 6.45) is -4.11. The highest BCUT2D eigenvalue weighted by atomic mass is 35.5. The van der Waals surface area contributed by atoms with Gasteiger partial charge in [0.1, 0.15) is 11.9 Å². The predicted octanol–water partition coefficient (Wildman–Crippen LogP) is 3.32. The third-order valence-corrected chi connectivity index (χ3v) is 6.12. The van der Waals surface area contributed by atoms with Crippen LogP contribution >= 0.6 is 23.2 Å². The average molecular weight is 533 g/mol. The first kappa shape index (κ1) is 24.9. The summed E-state index contributed by atoms with van der Waals surface area (Å²) >= 11 is 11.5. The molecule has 184 valence electrons. The zero-order valence-electron chi connectivity index (χ0n) is 17.4. The maximum Gasteiger partial charge on any atom is 0.414 e. The Hall–Kier alpha value is -3.25. The number of carbonyl (C=O) groups is 4. The molecule has 2 aromatic rings. The number of imide groups is 1. The summed E-state index contributed by atoms with van der Waals surface area (Å²) < 4.78 is 56.3. The van der Waals surface area contributed by atoms with Crippen LogP contribution in [0.5, 0.6) is 0 Å². The number of nitrogens with one attached hydrogen (secondary N) is 2. The van der Waals surface area contributed by atoms with Crippen molar-refractivity contribution in [1.29, 1.82) is 0 Å². The van der Waals surface area contributed by atoms with Crippen molar-refractivity contribution in [3.63, 3.8) is 0 Å². The number of hydrogen-bond donors (Lipinski definition) is 2. The number of amides is 4. The molecule has 14 heteroatoms. The van der Waals surface area contributed by atoms with Gasteiger partial charge in [0.05, 0.1) is 27.8 Å². The van der Waals surface area contributed by atoms with Gasteiger partial charge in [-0.1, -0.05) is 23.2 Å². The fraction of sp³-hybridized carbons (Fsp3) is 0.286. The third-order valence-electron chi connectivity index (χ3n) is 5.61. The Bertz CT molecular complexity index is 1270. The Balaban J connectivity index is 1.61. The number of benzene rings is 1. The van der Waals surface area contributed by atoms with Gasteiger partial charge in [-0.05, 0) is 24.6 Å². The lowest BCUT2D eigenvalue weighted by Gasteiger charge is -2.29. The van der Waals surface area contributed by atoms with E-state index in [2.05, 4.69) is 10.3 Å². The number of fused-ring (bicyclic) bond motifs is 1. The molecule has 1 fully saturated rings. The van der Waals surface area contributed by atoms with E-state index in [1.54, 1.807) is 5.32 Å². The Morgan fingerprint density at radius 3 is 2.57 bits per heavy atom. The number of nitrogens with zero attached hydrogens (tertiary/aromatic N) is 2. The lowest BCUT2D eigenvalue weighted by Crippen LogP contribution is -2.52. The Morgan fingerprint density at radius 2 is 1.94 bits per heavy atom. The van der Waals surface area contributed by atoms with Gasteiger partial charge in [-0.2, -0.15) is 13.2 Å². The van der Waals surface area contributed by atoms with Crippen LogP contribution < -0.4 is 10.6 Å². The topological polar surface area (TPSA) is 108 Å². The van der Waals surface area contributed by atoms with Crippen molar-refractivity contribution < 1.29 is 36.7 Å². The second-order valence-electron chi connectivity index (χ2n) is 7.82. The van der Waals surface area contributed by atoms with Gasteiger partial charge in [-0.15, -0.1) is 0 Å². The lowest BCUT2D eigenvalue weighted by atomic mass is 10.0. The summed E-state index contributed by atoms with van der Waals surface area (Å²) in [5.41, 5.74) is -1.88. The van der Waals surface area contributed by atoms with Gasteiger partial charge in [-0.3, -0.25) is 29.5 Å². The van der Waals surface area contributed by atoms with E-state index >= 15 is 4.39 Å². The molecule has 1 saturated heterocycles. The highest BCUT2D eigenvalue weighted by Gasteiger charge is 2.45. The van der Waals surface area contributed by atoms with E-state index in [1.807, 2.05) is 0 Å². The molecule has 0 spiro atoms. The van der Waals surface area contributed by atoms with Crippen LogP contribution in [-0.2, 0) is 16.1 Å². The molecular weight excluding hydrogens is 519 g/mol. The summed E-state index contributed by atoms with van der Waals surface area (Å²) in [7, 11) is 0. The molecule has 2 unspecified atom stereocenters. The van der Waals surface area contributed by atoms with Crippen molar-refractivity contribution in [2.45, 2.75) is 37.6 Å². The first-order valence-electron chi connectivity index (χ1n) is 10.0. The molecule has 2 aliphatic rings. The van der Waals surface area contributed by atoms with Gasteiger partial charge in [0, 0.05) is 23.7 Å². The highest BCUT2D eigenvalue weighted by molar-refractivity contribution is 6.34. The molecule has 4 amide bonds. The molecular formula is C21H14Cl2F4N4O4. The minimum Gasteiger partial charge on any atom is -0.335 e. The van der Waals surface area contributed by atoms with E-state index in [-0.39, 0.29) is 29.0 Å². The van der Waals surface area contributed by atoms with Crippen LogP contribution in [0.3, 0.4) is 0 Å². The molecule has 1 aromatic carbocycles. The van der Waals surface area contributed by atoms with Crippen LogP contribution in [0.2, 0.25) is 10.0 Å². The van der Waals surface area contributed by atoms with Gasteiger partial charge in [0.2, 0.25) is 11.8 Å². The van der Waals surface area contributed by atoms with Crippen molar-refractivity contribution in [3.8, 4) is 0 Å². The standard InChI is InChI=1S/C21H14Cl2F4N4O4/c22-8-5-12(23)16(28-6-8)17(21(25,26)27)30-18(33)10-2-1-9-11(15(10)24)7-31(20(9)35)13-3-4-14(32)29-19(13)34/h1-2,5-6,13,17H,3-4,7H2,(H,30,33)(H,29,32,34). The van der Waals surface area contributed by atoms with Crippen LogP contribution in [0, 0.1) is 5.82 Å². The van der Waals surface area contributed by atoms with Crippen LogP contribution in [0.4, 0.5) is 17.6 Å². The fourth-order valence-electron chi connectivity index (χ4n) is 3.93. The van der Waals surface area contributed by atoms with Crippen LogP contribution in [0.1, 0.15) is 50.9 Å². The maximum absolute atomic E-state index is 15.2. The number of carbonyl (C=O) groups excluding carboxylic acids is 4. The maximum atomic E-state index is 15.2. The molecule has 2 aliphatic heterocycles. The molecule has 0 bridgehead atoms. The summed E-state index contributed by atoms with van der Waals surface area (Å²) in [4.78, 5) is 53.5. The number of halogens is 6. The minimum atomic E-state index is -5.04. The Morgan fingerprint density at radius 1 is 1.23 bits per heavy atom. The summed E-state index contributed by atoms with van der Waals surface area (Å²) in [6, 6.07) is -0.718. The SMILES string of the molecule is O=C1CCC(N2Cc3c(ccc(C(=O)NC(c4ncc(Cl)cc4Cl)C(F)(F)F)c3F)C2=O)C(=O)N1. The smallest absolute Gasteiger partial charge is 0.335 e. The molecule has 2 atom stereocenters. The molecule has 4 rings (SSSR count). The van der Waals surface area contributed by atoms with Gasteiger partial charge >= 0.3 is 6.18 Å². The predicted molar refractivity (Wildman–Crippen MR) is 113 cm³/mol. The van der Waals surface area contributed by atoms with Crippen LogP contribution in [0.25, 0.3) is 0 Å². The number of rotatable bonds is 4. The van der Waals surface area contributed by atoms with Crippen molar-refractivity contribution in [1.82, 2.24) is 20.5 Å². The van der Waals surface area contributed by atoms with E-state index in [9.17, 15) is 32.3 Å². The summed E-state index contributed by atoms with van der Waals surface area (Å²) in [6.45, 7) is -0.402. The quantitative estimate of drug-likeness (QED) is 0.463. The second kappa shape index (κ2) is 9.08.